The van der Waals surface area contributed by atoms with Crippen molar-refractivity contribution in [3.8, 4) is 0 Å². The van der Waals surface area contributed by atoms with E-state index in [0.717, 1.165) is 39.9 Å². The zero-order chi connectivity index (χ0) is 22.1. The summed E-state index contributed by atoms with van der Waals surface area (Å²) in [7, 11) is 0. The largest absolute Gasteiger partial charge is 0.418 e. The van der Waals surface area contributed by atoms with Crippen molar-refractivity contribution in [2.75, 3.05) is 5.32 Å². The molecule has 2 aromatic rings. The fourth-order valence-corrected chi connectivity index (χ4v) is 4.31. The highest BCUT2D eigenvalue weighted by Gasteiger charge is 2.39. The minimum absolute atomic E-state index is 0.173. The third-order valence-corrected chi connectivity index (χ3v) is 5.89. The van der Waals surface area contributed by atoms with E-state index in [1.807, 2.05) is 31.2 Å². The first-order valence-electron chi connectivity index (χ1n) is 8.89. The summed E-state index contributed by atoms with van der Waals surface area (Å²) >= 11 is 6.31. The molecule has 1 unspecified atom stereocenters. The van der Waals surface area contributed by atoms with E-state index in [1.165, 1.54) is 19.1 Å². The molecule has 0 radical (unpaired) electrons. The van der Waals surface area contributed by atoms with Gasteiger partial charge in [0.15, 0.2) is 0 Å². The van der Waals surface area contributed by atoms with Crippen molar-refractivity contribution in [1.82, 2.24) is 4.90 Å². The molecule has 1 N–H and O–H groups in total. The molecule has 0 aromatic heterocycles. The summed E-state index contributed by atoms with van der Waals surface area (Å²) in [6.07, 6.45) is -2.93. The first-order valence-corrected chi connectivity index (χ1v) is 10.1. The molecule has 30 heavy (non-hydrogen) atoms. The minimum atomic E-state index is -4.62. The molecule has 2 aromatic carbocycles. The van der Waals surface area contributed by atoms with Gasteiger partial charge in [0.2, 0.25) is 5.91 Å². The van der Waals surface area contributed by atoms with Gasteiger partial charge in [0, 0.05) is 0 Å². The Bertz CT molecular complexity index is 1050. The van der Waals surface area contributed by atoms with Gasteiger partial charge in [-0.2, -0.15) is 13.2 Å². The lowest BCUT2D eigenvalue weighted by atomic mass is 10.1. The highest BCUT2D eigenvalue weighted by atomic mass is 32.2. The van der Waals surface area contributed by atoms with Gasteiger partial charge in [-0.25, -0.2) is 0 Å². The van der Waals surface area contributed by atoms with Gasteiger partial charge in [-0.05, 0) is 43.2 Å². The standard InChI is InChI=1S/C21H17F3N2O2S2/c1-12-7-3-4-8-14(12)11-17-19(28)26(20(29)30-17)13(2)18(27)25-16-10-6-5-9-15(16)21(22,23)24/h3-11,13H,1-2H3,(H,25,27)/b17-11-. The van der Waals surface area contributed by atoms with Crippen molar-refractivity contribution in [2.24, 2.45) is 0 Å². The number of nitrogens with one attached hydrogen (secondary N) is 1. The molecule has 2 amide bonds. The van der Waals surface area contributed by atoms with Gasteiger partial charge in [0.1, 0.15) is 10.4 Å². The Kier molecular flexibility index (Phi) is 6.33. The van der Waals surface area contributed by atoms with E-state index < -0.39 is 29.6 Å². The van der Waals surface area contributed by atoms with Crippen LogP contribution in [0.3, 0.4) is 0 Å². The zero-order valence-electron chi connectivity index (χ0n) is 16.0. The van der Waals surface area contributed by atoms with E-state index in [-0.39, 0.29) is 10.0 Å². The molecule has 0 saturated carbocycles. The first-order chi connectivity index (χ1) is 14.1. The normalized spacial score (nSPS) is 16.8. The number of alkyl halides is 3. The van der Waals surface area contributed by atoms with Crippen molar-refractivity contribution >= 4 is 51.9 Å². The second-order valence-corrected chi connectivity index (χ2v) is 8.29. The fraction of sp³-hybridized carbons (Fsp3) is 0.190. The Morgan fingerprint density at radius 2 is 1.80 bits per heavy atom. The quantitative estimate of drug-likeness (QED) is 0.511. The Balaban J connectivity index is 1.81. The molecule has 1 aliphatic heterocycles. The molecule has 1 aliphatic rings. The number of carbonyl (C=O) groups excluding carboxylic acids is 2. The van der Waals surface area contributed by atoms with Crippen LogP contribution in [0.15, 0.2) is 53.4 Å². The third-order valence-electron chi connectivity index (χ3n) is 4.56. The van der Waals surface area contributed by atoms with E-state index in [2.05, 4.69) is 5.32 Å². The highest BCUT2D eigenvalue weighted by molar-refractivity contribution is 8.26. The molecule has 3 rings (SSSR count). The molecular weight excluding hydrogens is 433 g/mol. The van der Waals surface area contributed by atoms with Crippen LogP contribution in [0.25, 0.3) is 6.08 Å². The molecule has 0 aliphatic carbocycles. The molecule has 4 nitrogen and oxygen atoms in total. The van der Waals surface area contributed by atoms with Gasteiger partial charge in [-0.15, -0.1) is 0 Å². The smallest absolute Gasteiger partial charge is 0.324 e. The number of anilines is 1. The number of hydrogen-bond donors (Lipinski definition) is 1. The van der Waals surface area contributed by atoms with E-state index in [4.69, 9.17) is 12.2 Å². The summed E-state index contributed by atoms with van der Waals surface area (Å²) in [6.45, 7) is 3.33. The first kappa shape index (κ1) is 22.0. The predicted molar refractivity (Wildman–Crippen MR) is 116 cm³/mol. The molecule has 156 valence electrons. The number of thioether (sulfide) groups is 1. The lowest BCUT2D eigenvalue weighted by Gasteiger charge is -2.23. The second kappa shape index (κ2) is 8.61. The number of aryl methyl sites for hydroxylation is 1. The maximum absolute atomic E-state index is 13.2. The molecule has 9 heteroatoms. The highest BCUT2D eigenvalue weighted by Crippen LogP contribution is 2.36. The number of benzene rings is 2. The summed E-state index contributed by atoms with van der Waals surface area (Å²) in [5, 5.41) is 2.27. The van der Waals surface area contributed by atoms with Crippen LogP contribution >= 0.6 is 24.0 Å². The minimum Gasteiger partial charge on any atom is -0.324 e. The van der Waals surface area contributed by atoms with Gasteiger partial charge in [-0.1, -0.05) is 60.4 Å². The lowest BCUT2D eigenvalue weighted by molar-refractivity contribution is -0.137. The van der Waals surface area contributed by atoms with Crippen LogP contribution in [0.2, 0.25) is 0 Å². The summed E-state index contributed by atoms with van der Waals surface area (Å²) in [6, 6.07) is 11.1. The van der Waals surface area contributed by atoms with Crippen LogP contribution in [0.4, 0.5) is 18.9 Å². The van der Waals surface area contributed by atoms with E-state index >= 15 is 0 Å². The van der Waals surface area contributed by atoms with Crippen molar-refractivity contribution in [3.63, 3.8) is 0 Å². The number of carbonyl (C=O) groups is 2. The van der Waals surface area contributed by atoms with Gasteiger partial charge < -0.3 is 5.32 Å². The molecule has 1 heterocycles. The van der Waals surface area contributed by atoms with Gasteiger partial charge in [0.25, 0.3) is 5.91 Å². The van der Waals surface area contributed by atoms with Gasteiger partial charge in [-0.3, -0.25) is 14.5 Å². The second-order valence-electron chi connectivity index (χ2n) is 6.62. The molecule has 0 bridgehead atoms. The topological polar surface area (TPSA) is 49.4 Å². The van der Waals surface area contributed by atoms with Crippen LogP contribution in [-0.4, -0.2) is 27.1 Å². The number of hydrogen-bond acceptors (Lipinski definition) is 4. The number of amides is 2. The van der Waals surface area contributed by atoms with Crippen LogP contribution < -0.4 is 5.32 Å². The molecule has 0 spiro atoms. The van der Waals surface area contributed by atoms with Crippen LogP contribution in [0, 0.1) is 6.92 Å². The predicted octanol–water partition coefficient (Wildman–Crippen LogP) is 5.24. The van der Waals surface area contributed by atoms with Crippen LogP contribution in [0.1, 0.15) is 23.6 Å². The Labute approximate surface area is 181 Å². The molecule has 1 saturated heterocycles. The van der Waals surface area contributed by atoms with Crippen LogP contribution in [0.5, 0.6) is 0 Å². The Hall–Kier alpha value is -2.65. The third kappa shape index (κ3) is 4.57. The maximum atomic E-state index is 13.2. The lowest BCUT2D eigenvalue weighted by Crippen LogP contribution is -2.44. The van der Waals surface area contributed by atoms with Crippen molar-refractivity contribution < 1.29 is 22.8 Å². The van der Waals surface area contributed by atoms with E-state index in [9.17, 15) is 22.8 Å². The number of nitrogens with zero attached hydrogens (tertiary/aromatic N) is 1. The summed E-state index contributed by atoms with van der Waals surface area (Å²) in [5.41, 5.74) is 0.477. The average molecular weight is 451 g/mol. The maximum Gasteiger partial charge on any atom is 0.418 e. The Morgan fingerprint density at radius 1 is 1.17 bits per heavy atom. The summed E-state index contributed by atoms with van der Waals surface area (Å²) in [5.74, 6) is -1.22. The number of para-hydroxylation sites is 1. The Morgan fingerprint density at radius 3 is 2.47 bits per heavy atom. The van der Waals surface area contributed by atoms with Crippen molar-refractivity contribution in [2.45, 2.75) is 26.1 Å². The molecular formula is C21H17F3N2O2S2. The van der Waals surface area contributed by atoms with Crippen molar-refractivity contribution in [3.05, 3.63) is 70.1 Å². The fourth-order valence-electron chi connectivity index (χ4n) is 2.90. The molecule has 1 atom stereocenters. The average Bonchev–Trinajstić information content (AvgIpc) is 2.96. The van der Waals surface area contributed by atoms with Gasteiger partial charge in [0.05, 0.1) is 16.2 Å². The summed E-state index contributed by atoms with van der Waals surface area (Å²) in [4.78, 5) is 26.9. The van der Waals surface area contributed by atoms with Crippen LogP contribution in [-0.2, 0) is 15.8 Å². The number of halogens is 3. The monoisotopic (exact) mass is 450 g/mol. The van der Waals surface area contributed by atoms with E-state index in [1.54, 1.807) is 6.08 Å². The number of thiocarbonyl (C=S) groups is 1. The SMILES string of the molecule is Cc1ccccc1/C=C1\SC(=S)N(C(C)C(=O)Nc2ccccc2C(F)(F)F)C1=O. The number of rotatable bonds is 4. The zero-order valence-corrected chi connectivity index (χ0v) is 17.6. The van der Waals surface area contributed by atoms with E-state index in [0.29, 0.717) is 4.91 Å². The van der Waals surface area contributed by atoms with Crippen molar-refractivity contribution in [1.29, 1.82) is 0 Å². The summed E-state index contributed by atoms with van der Waals surface area (Å²) < 4.78 is 39.7. The molecule has 1 fully saturated rings. The van der Waals surface area contributed by atoms with Gasteiger partial charge >= 0.3 is 6.18 Å².